The molecule has 0 aromatic rings. The predicted molar refractivity (Wildman–Crippen MR) is 44.2 cm³/mol. The van der Waals surface area contributed by atoms with Crippen LogP contribution in [0.5, 0.6) is 0 Å². The molecule has 0 aromatic carbocycles. The Morgan fingerprint density at radius 2 is 2.00 bits per heavy atom. The van der Waals surface area contributed by atoms with Gasteiger partial charge in [-0.3, -0.25) is 4.79 Å². The van der Waals surface area contributed by atoms with E-state index in [-0.39, 0.29) is 5.97 Å². The first-order valence-corrected chi connectivity index (χ1v) is 3.56. The molecule has 4 heteroatoms. The van der Waals surface area contributed by atoms with Crippen LogP contribution < -0.4 is 5.23 Å². The van der Waals surface area contributed by atoms with Crippen LogP contribution in [0.3, 0.4) is 0 Å². The normalized spacial score (nSPS) is 14.2. The van der Waals surface area contributed by atoms with Gasteiger partial charge in [0.1, 0.15) is 5.60 Å². The number of carbonyl (C=O) groups excluding carboxylic acids is 1. The average Bonchev–Trinajstić information content (AvgIpc) is 1.82. The van der Waals surface area contributed by atoms with Gasteiger partial charge in [-0.1, -0.05) is 0 Å². The molecule has 11 heavy (non-hydrogen) atoms. The minimum atomic E-state index is -0.450. The predicted octanol–water partition coefficient (Wildman–Crippen LogP) is 0.390. The zero-order valence-electron chi connectivity index (χ0n) is 7.47. The minimum Gasteiger partial charge on any atom is -0.459 e. The van der Waals surface area contributed by atoms with E-state index in [0.717, 1.165) is 0 Å². The van der Waals surface area contributed by atoms with Gasteiger partial charge < -0.3 is 9.96 Å². The lowest BCUT2D eigenvalue weighted by atomic mass is 10.2. The van der Waals surface area contributed by atoms with Crippen molar-refractivity contribution in [3.05, 3.63) is 0 Å². The maximum Gasteiger partial charge on any atom is 0.322 e. The van der Waals surface area contributed by atoms with Crippen molar-refractivity contribution in [3.8, 4) is 0 Å². The molecule has 0 amide bonds. The molecule has 62 valence electrons. The second-order valence-electron chi connectivity index (χ2n) is 3.42. The minimum absolute atomic E-state index is 0.333. The van der Waals surface area contributed by atoms with Crippen molar-refractivity contribution in [2.24, 2.45) is 0 Å². The second-order valence-corrected chi connectivity index (χ2v) is 3.42. The summed E-state index contributed by atoms with van der Waals surface area (Å²) in [5, 5.41) is 2.31. The van der Waals surface area contributed by atoms with E-state index in [1.165, 1.54) is 0 Å². The van der Waals surface area contributed by atoms with Crippen LogP contribution >= 0.6 is 0 Å². The molecule has 0 aliphatic rings. The molecule has 0 aromatic heterocycles. The van der Waals surface area contributed by atoms with Crippen LogP contribution in [-0.4, -0.2) is 25.6 Å². The van der Waals surface area contributed by atoms with Crippen LogP contribution in [0, 0.1) is 0 Å². The molecule has 0 aliphatic heterocycles. The van der Waals surface area contributed by atoms with Crippen LogP contribution in [0.2, 0.25) is 0 Å². The number of carbonyl (C=O) groups is 1. The third kappa shape index (κ3) is 4.84. The molecule has 0 rings (SSSR count). The number of esters is 1. The Morgan fingerprint density at radius 1 is 1.55 bits per heavy atom. The van der Waals surface area contributed by atoms with Gasteiger partial charge in [0.25, 0.3) is 0 Å². The summed E-state index contributed by atoms with van der Waals surface area (Å²) in [6.45, 7) is 7.09. The molecule has 0 saturated carbocycles. The van der Waals surface area contributed by atoms with Crippen molar-refractivity contribution in [3.63, 3.8) is 0 Å². The molecule has 0 fully saturated rings. The lowest BCUT2D eigenvalue weighted by molar-refractivity contribution is -0.156. The third-order valence-corrected chi connectivity index (χ3v) is 1.01. The van der Waals surface area contributed by atoms with Crippen molar-refractivity contribution in [1.82, 2.24) is 5.23 Å². The van der Waals surface area contributed by atoms with Crippen LogP contribution in [0.25, 0.3) is 0 Å². The maximum absolute atomic E-state index is 11.0. The quantitative estimate of drug-likeness (QED) is 0.463. The zero-order chi connectivity index (χ0) is 9.07. The topological polar surface area (TPSA) is 38.3 Å². The maximum atomic E-state index is 11.0. The fourth-order valence-corrected chi connectivity index (χ4v) is 0.458. The van der Waals surface area contributed by atoms with Gasteiger partial charge in [0, 0.05) is 0 Å². The average molecular weight is 155 g/mol. The smallest absolute Gasteiger partial charge is 0.322 e. The standard InChI is InChI=1S/C7H14BNO2/c1-5(9-8)6(10)11-7(2,3)4/h5,9H,1-4H3. The third-order valence-electron chi connectivity index (χ3n) is 1.01. The number of hydrogen-bond donors (Lipinski definition) is 1. The van der Waals surface area contributed by atoms with Crippen LogP contribution in [0.15, 0.2) is 0 Å². The highest BCUT2D eigenvalue weighted by Crippen LogP contribution is 2.07. The molecule has 1 atom stereocenters. The first kappa shape index (κ1) is 10.5. The lowest BCUT2D eigenvalue weighted by Crippen LogP contribution is -2.37. The summed E-state index contributed by atoms with van der Waals surface area (Å²) in [6.07, 6.45) is 0. The highest BCUT2D eigenvalue weighted by Gasteiger charge is 2.19. The van der Waals surface area contributed by atoms with Crippen molar-refractivity contribution in [1.29, 1.82) is 0 Å². The van der Waals surface area contributed by atoms with Gasteiger partial charge in [0.15, 0.2) is 7.98 Å². The van der Waals surface area contributed by atoms with E-state index in [0.29, 0.717) is 0 Å². The van der Waals surface area contributed by atoms with E-state index >= 15 is 0 Å². The van der Waals surface area contributed by atoms with E-state index in [1.807, 2.05) is 20.8 Å². The van der Waals surface area contributed by atoms with Crippen LogP contribution in [-0.2, 0) is 9.53 Å². The van der Waals surface area contributed by atoms with Gasteiger partial charge in [-0.05, 0) is 27.7 Å². The van der Waals surface area contributed by atoms with Gasteiger partial charge >= 0.3 is 5.97 Å². The molecular formula is C7H14BNO2. The molecule has 1 N–H and O–H groups in total. The van der Waals surface area contributed by atoms with Gasteiger partial charge in [0.2, 0.25) is 0 Å². The fourth-order valence-electron chi connectivity index (χ4n) is 0.458. The monoisotopic (exact) mass is 155 g/mol. The summed E-state index contributed by atoms with van der Waals surface area (Å²) in [4.78, 5) is 11.0. The number of ether oxygens (including phenoxy) is 1. The molecule has 0 aliphatic carbocycles. The molecular weight excluding hydrogens is 141 g/mol. The van der Waals surface area contributed by atoms with E-state index in [2.05, 4.69) is 5.23 Å². The Balaban J connectivity index is 3.88. The molecule has 1 unspecified atom stereocenters. The summed E-state index contributed by atoms with van der Waals surface area (Å²) >= 11 is 0. The summed E-state index contributed by atoms with van der Waals surface area (Å²) in [5.74, 6) is -0.333. The van der Waals surface area contributed by atoms with Gasteiger partial charge in [-0.15, -0.1) is 0 Å². The molecule has 0 heterocycles. The summed E-state index contributed by atoms with van der Waals surface area (Å²) in [5.41, 5.74) is -0.442. The molecule has 0 bridgehead atoms. The Kier molecular flexibility index (Phi) is 3.59. The first-order chi connectivity index (χ1) is 4.87. The van der Waals surface area contributed by atoms with E-state index in [4.69, 9.17) is 12.7 Å². The zero-order valence-corrected chi connectivity index (χ0v) is 7.47. The SMILES string of the molecule is [B]NC(C)C(=O)OC(C)(C)C. The summed E-state index contributed by atoms with van der Waals surface area (Å²) < 4.78 is 5.01. The van der Waals surface area contributed by atoms with E-state index in [1.54, 1.807) is 6.92 Å². The molecule has 2 radical (unpaired) electrons. The van der Waals surface area contributed by atoms with Gasteiger partial charge in [0.05, 0.1) is 6.04 Å². The van der Waals surface area contributed by atoms with Crippen LogP contribution in [0.4, 0.5) is 0 Å². The lowest BCUT2D eigenvalue weighted by Gasteiger charge is -2.21. The van der Waals surface area contributed by atoms with Gasteiger partial charge in [-0.25, -0.2) is 0 Å². The Bertz CT molecular complexity index is 142. The summed E-state index contributed by atoms with van der Waals surface area (Å²) in [6, 6.07) is -0.450. The van der Waals surface area contributed by atoms with Crippen LogP contribution in [0.1, 0.15) is 27.7 Å². The van der Waals surface area contributed by atoms with E-state index < -0.39 is 11.6 Å². The van der Waals surface area contributed by atoms with Crippen molar-refractivity contribution in [2.45, 2.75) is 39.3 Å². The highest BCUT2D eigenvalue weighted by molar-refractivity contribution is 6.06. The first-order valence-electron chi connectivity index (χ1n) is 3.56. The summed E-state index contributed by atoms with van der Waals surface area (Å²) in [7, 11) is 5.04. The Labute approximate surface area is 68.9 Å². The number of nitrogens with one attached hydrogen (secondary N) is 1. The largest absolute Gasteiger partial charge is 0.459 e. The second kappa shape index (κ2) is 3.76. The van der Waals surface area contributed by atoms with E-state index in [9.17, 15) is 4.79 Å². The molecule has 3 nitrogen and oxygen atoms in total. The highest BCUT2D eigenvalue weighted by atomic mass is 16.6. The number of hydrogen-bond acceptors (Lipinski definition) is 3. The van der Waals surface area contributed by atoms with Crippen molar-refractivity contribution in [2.75, 3.05) is 0 Å². The Hall–Kier alpha value is -0.505. The molecule has 0 saturated heterocycles. The van der Waals surface area contributed by atoms with Gasteiger partial charge in [-0.2, -0.15) is 0 Å². The fraction of sp³-hybridized carbons (Fsp3) is 0.857. The van der Waals surface area contributed by atoms with Crippen molar-refractivity contribution >= 4 is 14.0 Å². The van der Waals surface area contributed by atoms with Crippen molar-refractivity contribution < 1.29 is 9.53 Å². The number of rotatable bonds is 2. The Morgan fingerprint density at radius 3 is 2.27 bits per heavy atom. The molecule has 0 spiro atoms.